The third-order valence-electron chi connectivity index (χ3n) is 5.31. The number of hydrogen-bond donors (Lipinski definition) is 0. The minimum Gasteiger partial charge on any atom is -0.368 e. The Hall–Kier alpha value is -0.863. The zero-order chi connectivity index (χ0) is 18.4. The van der Waals surface area contributed by atoms with Gasteiger partial charge in [-0.05, 0) is 51.5 Å². The Morgan fingerprint density at radius 3 is 2.12 bits per heavy atom. The van der Waals surface area contributed by atoms with Crippen LogP contribution < -0.4 is 0 Å². The van der Waals surface area contributed by atoms with Gasteiger partial charge < -0.3 is 4.74 Å². The number of rotatable bonds is 3. The summed E-state index contributed by atoms with van der Waals surface area (Å²) < 4.78 is 7.01. The molecule has 1 nitrogen and oxygen atoms in total. The summed E-state index contributed by atoms with van der Waals surface area (Å²) in [5, 5.41) is 1.35. The summed E-state index contributed by atoms with van der Waals surface area (Å²) in [4.78, 5) is 0. The standard InChI is InChI=1S/C22H36OSi/c1-17-14-15-22(23-21(5,6)7,19(16-17)20(2,3)4)24(8,9)18-12-10-11-13-18/h10,12-14,16H,11,15H2,1-9H3. The van der Waals surface area contributed by atoms with E-state index in [2.05, 4.69) is 91.9 Å². The highest BCUT2D eigenvalue weighted by Crippen LogP contribution is 2.51. The van der Waals surface area contributed by atoms with Crippen LogP contribution in [0.25, 0.3) is 0 Å². The first kappa shape index (κ1) is 19.5. The summed E-state index contributed by atoms with van der Waals surface area (Å²) in [6.07, 6.45) is 13.9. The molecule has 0 amide bonds. The quantitative estimate of drug-likeness (QED) is 0.528. The molecule has 0 aromatic heterocycles. The minimum absolute atomic E-state index is 0.0912. The maximum absolute atomic E-state index is 7.01. The molecule has 2 heteroatoms. The maximum atomic E-state index is 7.01. The van der Waals surface area contributed by atoms with Crippen molar-refractivity contribution in [3.63, 3.8) is 0 Å². The second-order valence-electron chi connectivity index (χ2n) is 9.92. The van der Waals surface area contributed by atoms with Crippen LogP contribution in [0.15, 0.2) is 46.7 Å². The lowest BCUT2D eigenvalue weighted by Gasteiger charge is -2.54. The molecule has 0 aliphatic heterocycles. The number of hydrogen-bond acceptors (Lipinski definition) is 1. The van der Waals surface area contributed by atoms with Crippen LogP contribution in [0, 0.1) is 5.41 Å². The second-order valence-corrected chi connectivity index (χ2v) is 14.6. The van der Waals surface area contributed by atoms with Gasteiger partial charge in [0.25, 0.3) is 0 Å². The average molecular weight is 345 g/mol. The second kappa shape index (κ2) is 6.14. The van der Waals surface area contributed by atoms with Gasteiger partial charge in [0.05, 0.1) is 10.8 Å². The highest BCUT2D eigenvalue weighted by molar-refractivity contribution is 6.88. The van der Waals surface area contributed by atoms with Crippen molar-refractivity contribution in [3.05, 3.63) is 46.7 Å². The minimum atomic E-state index is -1.89. The Balaban J connectivity index is 2.69. The van der Waals surface area contributed by atoms with E-state index in [0.717, 1.165) is 12.8 Å². The molecule has 1 atom stereocenters. The van der Waals surface area contributed by atoms with Crippen molar-refractivity contribution >= 4 is 8.07 Å². The highest BCUT2D eigenvalue weighted by atomic mass is 28.3. The topological polar surface area (TPSA) is 9.23 Å². The number of allylic oxidation sites excluding steroid dienone is 6. The molecule has 0 radical (unpaired) electrons. The summed E-state index contributed by atoms with van der Waals surface area (Å²) in [6, 6.07) is 0. The van der Waals surface area contributed by atoms with Crippen molar-refractivity contribution < 1.29 is 4.74 Å². The van der Waals surface area contributed by atoms with E-state index >= 15 is 0 Å². The van der Waals surface area contributed by atoms with E-state index in [1.165, 1.54) is 16.3 Å². The lowest BCUT2D eigenvalue weighted by Crippen LogP contribution is -2.63. The third kappa shape index (κ3) is 3.55. The van der Waals surface area contributed by atoms with Crippen LogP contribution in [0.3, 0.4) is 0 Å². The van der Waals surface area contributed by atoms with E-state index in [9.17, 15) is 0 Å². The Bertz CT molecular complexity index is 617. The van der Waals surface area contributed by atoms with Crippen LogP contribution in [0.1, 0.15) is 61.3 Å². The molecule has 0 bridgehead atoms. The molecule has 0 fully saturated rings. The molecule has 24 heavy (non-hydrogen) atoms. The molecule has 2 aliphatic carbocycles. The molecule has 2 rings (SSSR count). The Morgan fingerprint density at radius 2 is 1.67 bits per heavy atom. The molecule has 0 spiro atoms. The molecular weight excluding hydrogens is 308 g/mol. The molecule has 0 aromatic rings. The average Bonchev–Trinajstić information content (AvgIpc) is 2.92. The summed E-state index contributed by atoms with van der Waals surface area (Å²) in [7, 11) is -1.89. The molecule has 1 unspecified atom stereocenters. The van der Waals surface area contributed by atoms with E-state index in [1.54, 1.807) is 0 Å². The van der Waals surface area contributed by atoms with Crippen molar-refractivity contribution in [1.29, 1.82) is 0 Å². The fourth-order valence-electron chi connectivity index (χ4n) is 4.13. The van der Waals surface area contributed by atoms with E-state index < -0.39 is 8.07 Å². The normalized spacial score (nSPS) is 25.5. The van der Waals surface area contributed by atoms with Gasteiger partial charge in [-0.1, -0.05) is 75.0 Å². The molecular formula is C22H36OSi. The predicted molar refractivity (Wildman–Crippen MR) is 109 cm³/mol. The molecule has 0 heterocycles. The predicted octanol–water partition coefficient (Wildman–Crippen LogP) is 6.54. The zero-order valence-corrected chi connectivity index (χ0v) is 18.2. The summed E-state index contributed by atoms with van der Waals surface area (Å²) in [5.41, 5.74) is 2.77. The van der Waals surface area contributed by atoms with Crippen molar-refractivity contribution in [2.45, 2.75) is 85.2 Å². The van der Waals surface area contributed by atoms with Gasteiger partial charge in [-0.2, -0.15) is 0 Å². The Labute approximate surface area is 150 Å². The van der Waals surface area contributed by atoms with Gasteiger partial charge in [0, 0.05) is 0 Å². The highest BCUT2D eigenvalue weighted by Gasteiger charge is 2.56. The van der Waals surface area contributed by atoms with Gasteiger partial charge in [0.1, 0.15) is 8.07 Å². The molecule has 0 saturated heterocycles. The van der Waals surface area contributed by atoms with Gasteiger partial charge in [0.2, 0.25) is 0 Å². The summed E-state index contributed by atoms with van der Waals surface area (Å²) in [6.45, 7) is 20.8. The third-order valence-corrected chi connectivity index (χ3v) is 9.72. The van der Waals surface area contributed by atoms with Crippen molar-refractivity contribution in [2.75, 3.05) is 0 Å². The van der Waals surface area contributed by atoms with Gasteiger partial charge >= 0.3 is 0 Å². The van der Waals surface area contributed by atoms with Gasteiger partial charge in [-0.25, -0.2) is 0 Å². The van der Waals surface area contributed by atoms with E-state index in [0.29, 0.717) is 0 Å². The van der Waals surface area contributed by atoms with E-state index in [4.69, 9.17) is 4.74 Å². The largest absolute Gasteiger partial charge is 0.368 e. The van der Waals surface area contributed by atoms with E-state index in [-0.39, 0.29) is 16.2 Å². The molecule has 0 N–H and O–H groups in total. The zero-order valence-electron chi connectivity index (χ0n) is 17.2. The van der Waals surface area contributed by atoms with Crippen molar-refractivity contribution in [1.82, 2.24) is 0 Å². The first-order valence-corrected chi connectivity index (χ1v) is 12.3. The first-order valence-electron chi connectivity index (χ1n) is 9.26. The van der Waals surface area contributed by atoms with Crippen LogP contribution in [0.2, 0.25) is 13.1 Å². The van der Waals surface area contributed by atoms with Crippen LogP contribution >= 0.6 is 0 Å². The fourth-order valence-corrected chi connectivity index (χ4v) is 8.06. The fraction of sp³-hybridized carbons (Fsp3) is 0.636. The molecule has 0 saturated carbocycles. The van der Waals surface area contributed by atoms with Crippen LogP contribution in [-0.4, -0.2) is 18.9 Å². The van der Waals surface area contributed by atoms with Gasteiger partial charge in [-0.3, -0.25) is 0 Å². The van der Waals surface area contributed by atoms with Crippen LogP contribution in [0.5, 0.6) is 0 Å². The smallest absolute Gasteiger partial charge is 0.122 e. The summed E-state index contributed by atoms with van der Waals surface area (Å²) in [5.74, 6) is 0. The Morgan fingerprint density at radius 1 is 1.04 bits per heavy atom. The SMILES string of the molecule is CC1=CCC(OC(C)(C)C)([Si](C)(C)C2=CCC=C2)C(C(C)(C)C)=C1. The lowest BCUT2D eigenvalue weighted by molar-refractivity contribution is -0.0783. The monoisotopic (exact) mass is 344 g/mol. The van der Waals surface area contributed by atoms with Crippen molar-refractivity contribution in [3.8, 4) is 0 Å². The van der Waals surface area contributed by atoms with Gasteiger partial charge in [-0.15, -0.1) is 0 Å². The number of ether oxygens (including phenoxy) is 1. The van der Waals surface area contributed by atoms with Gasteiger partial charge in [0.15, 0.2) is 0 Å². The maximum Gasteiger partial charge on any atom is 0.122 e. The van der Waals surface area contributed by atoms with Crippen LogP contribution in [-0.2, 0) is 4.74 Å². The first-order chi connectivity index (χ1) is 10.8. The van der Waals surface area contributed by atoms with Crippen LogP contribution in [0.4, 0.5) is 0 Å². The Kier molecular flexibility index (Phi) is 4.98. The summed E-state index contributed by atoms with van der Waals surface area (Å²) >= 11 is 0. The molecule has 0 aromatic carbocycles. The molecule has 2 aliphatic rings. The molecule has 134 valence electrons. The van der Waals surface area contributed by atoms with E-state index in [1.807, 2.05) is 0 Å². The lowest BCUT2D eigenvalue weighted by atomic mass is 9.78. The van der Waals surface area contributed by atoms with Crippen molar-refractivity contribution in [2.24, 2.45) is 5.41 Å².